The summed E-state index contributed by atoms with van der Waals surface area (Å²) in [6.45, 7) is 7.22. The maximum Gasteiger partial charge on any atom is 0.234 e. The molecule has 0 saturated heterocycles. The Morgan fingerprint density at radius 2 is 2.38 bits per heavy atom. The van der Waals surface area contributed by atoms with Gasteiger partial charge in [0.15, 0.2) is 0 Å². The first kappa shape index (κ1) is 11.7. The highest BCUT2D eigenvalue weighted by Gasteiger charge is 2.00. The Hall–Kier alpha value is -1.28. The number of hydrogen-bond donors (Lipinski definition) is 2. The molecule has 0 fully saturated rings. The SMILES string of the molecule is C=C(NC)NCC(C)CCN=C=O. The summed E-state index contributed by atoms with van der Waals surface area (Å²) >= 11 is 0. The standard InChI is InChI=1S/C9H17N3O/c1-8(4-5-11-7-13)6-12-9(2)10-3/h8,10,12H,2,4-6H2,1,3H3. The molecular weight excluding hydrogens is 166 g/mol. The molecule has 0 aromatic carbocycles. The van der Waals surface area contributed by atoms with E-state index < -0.39 is 0 Å². The fourth-order valence-electron chi connectivity index (χ4n) is 0.818. The van der Waals surface area contributed by atoms with Crippen molar-refractivity contribution < 1.29 is 4.79 Å². The maximum atomic E-state index is 9.77. The molecule has 1 unspecified atom stereocenters. The molecule has 0 rings (SSSR count). The van der Waals surface area contributed by atoms with Gasteiger partial charge in [0.1, 0.15) is 0 Å². The third-order valence-corrected chi connectivity index (χ3v) is 1.76. The zero-order chi connectivity index (χ0) is 10.1. The zero-order valence-electron chi connectivity index (χ0n) is 8.26. The van der Waals surface area contributed by atoms with Crippen LogP contribution >= 0.6 is 0 Å². The van der Waals surface area contributed by atoms with E-state index in [-0.39, 0.29) is 0 Å². The van der Waals surface area contributed by atoms with E-state index in [1.165, 1.54) is 6.08 Å². The van der Waals surface area contributed by atoms with Crippen molar-refractivity contribution in [1.82, 2.24) is 10.6 Å². The van der Waals surface area contributed by atoms with Crippen LogP contribution < -0.4 is 10.6 Å². The smallest absolute Gasteiger partial charge is 0.234 e. The van der Waals surface area contributed by atoms with Gasteiger partial charge in [0.2, 0.25) is 6.08 Å². The van der Waals surface area contributed by atoms with Gasteiger partial charge in [0.05, 0.1) is 12.4 Å². The molecule has 0 aliphatic carbocycles. The molecule has 0 heterocycles. The molecule has 1 atom stereocenters. The highest BCUT2D eigenvalue weighted by molar-refractivity contribution is 5.32. The number of isocyanates is 1. The highest BCUT2D eigenvalue weighted by atomic mass is 16.1. The number of nitrogens with zero attached hydrogens (tertiary/aromatic N) is 1. The van der Waals surface area contributed by atoms with E-state index in [1.54, 1.807) is 0 Å². The fourth-order valence-corrected chi connectivity index (χ4v) is 0.818. The largest absolute Gasteiger partial charge is 0.375 e. The van der Waals surface area contributed by atoms with Gasteiger partial charge in [-0.2, -0.15) is 0 Å². The lowest BCUT2D eigenvalue weighted by atomic mass is 10.1. The number of carbonyl (C=O) groups excluding carboxylic acids is 1. The quantitative estimate of drug-likeness (QED) is 0.449. The Balaban J connectivity index is 3.44. The minimum atomic E-state index is 0.474. The van der Waals surface area contributed by atoms with E-state index in [0.29, 0.717) is 12.5 Å². The third-order valence-electron chi connectivity index (χ3n) is 1.76. The van der Waals surface area contributed by atoms with E-state index in [2.05, 4.69) is 29.1 Å². The molecule has 0 amide bonds. The molecule has 0 aromatic heterocycles. The Labute approximate surface area is 79.1 Å². The number of hydrogen-bond acceptors (Lipinski definition) is 4. The third kappa shape index (κ3) is 7.09. The van der Waals surface area contributed by atoms with Gasteiger partial charge < -0.3 is 10.6 Å². The van der Waals surface area contributed by atoms with Crippen LogP contribution in [0, 0.1) is 5.92 Å². The van der Waals surface area contributed by atoms with E-state index in [9.17, 15) is 4.79 Å². The number of rotatable bonds is 7. The first-order chi connectivity index (χ1) is 6.20. The van der Waals surface area contributed by atoms with E-state index in [1.807, 2.05) is 7.05 Å². The zero-order valence-corrected chi connectivity index (χ0v) is 8.26. The van der Waals surface area contributed by atoms with Crippen molar-refractivity contribution in [3.05, 3.63) is 12.4 Å². The molecule has 2 N–H and O–H groups in total. The van der Waals surface area contributed by atoms with Crippen molar-refractivity contribution in [2.75, 3.05) is 20.1 Å². The fraction of sp³-hybridized carbons (Fsp3) is 0.667. The lowest BCUT2D eigenvalue weighted by Gasteiger charge is -2.13. The van der Waals surface area contributed by atoms with Crippen LogP contribution in [0.25, 0.3) is 0 Å². The van der Waals surface area contributed by atoms with Gasteiger partial charge in [0, 0.05) is 13.6 Å². The summed E-state index contributed by atoms with van der Waals surface area (Å²) in [5, 5.41) is 6.01. The molecule has 13 heavy (non-hydrogen) atoms. The van der Waals surface area contributed by atoms with Crippen molar-refractivity contribution in [3.8, 4) is 0 Å². The summed E-state index contributed by atoms with van der Waals surface area (Å²) in [4.78, 5) is 13.3. The molecule has 0 bridgehead atoms. The second-order valence-corrected chi connectivity index (χ2v) is 2.98. The predicted molar refractivity (Wildman–Crippen MR) is 53.0 cm³/mol. The van der Waals surface area contributed by atoms with Gasteiger partial charge in [-0.15, -0.1) is 0 Å². The summed E-state index contributed by atoms with van der Waals surface area (Å²) in [7, 11) is 1.82. The van der Waals surface area contributed by atoms with E-state index >= 15 is 0 Å². The first-order valence-electron chi connectivity index (χ1n) is 4.34. The Morgan fingerprint density at radius 3 is 2.92 bits per heavy atom. The monoisotopic (exact) mass is 183 g/mol. The van der Waals surface area contributed by atoms with Crippen LogP contribution in [0.15, 0.2) is 17.4 Å². The van der Waals surface area contributed by atoms with Gasteiger partial charge in [-0.05, 0) is 12.3 Å². The van der Waals surface area contributed by atoms with Gasteiger partial charge in [-0.3, -0.25) is 0 Å². The van der Waals surface area contributed by atoms with Gasteiger partial charge in [-0.25, -0.2) is 9.79 Å². The Bertz CT molecular complexity index is 197. The molecule has 0 aliphatic heterocycles. The van der Waals surface area contributed by atoms with E-state index in [0.717, 1.165) is 18.8 Å². The Morgan fingerprint density at radius 1 is 1.69 bits per heavy atom. The minimum absolute atomic E-state index is 0.474. The molecular formula is C9H17N3O. The molecule has 0 radical (unpaired) electrons. The normalized spacial score (nSPS) is 11.2. The second-order valence-electron chi connectivity index (χ2n) is 2.98. The van der Waals surface area contributed by atoms with Crippen LogP contribution in [-0.2, 0) is 4.79 Å². The van der Waals surface area contributed by atoms with Crippen LogP contribution in [0.3, 0.4) is 0 Å². The summed E-state index contributed by atoms with van der Waals surface area (Å²) in [6, 6.07) is 0. The first-order valence-corrected chi connectivity index (χ1v) is 4.34. The average molecular weight is 183 g/mol. The van der Waals surface area contributed by atoms with Gasteiger partial charge in [-0.1, -0.05) is 13.5 Å². The van der Waals surface area contributed by atoms with Crippen molar-refractivity contribution in [2.45, 2.75) is 13.3 Å². The van der Waals surface area contributed by atoms with Crippen LogP contribution in [0.1, 0.15) is 13.3 Å². The number of nitrogens with one attached hydrogen (secondary N) is 2. The van der Waals surface area contributed by atoms with Crippen LogP contribution in [0.2, 0.25) is 0 Å². The summed E-state index contributed by atoms with van der Waals surface area (Å²) in [5.74, 6) is 1.29. The van der Waals surface area contributed by atoms with Crippen LogP contribution in [0.5, 0.6) is 0 Å². The number of aliphatic imine (C=N–C) groups is 1. The predicted octanol–water partition coefficient (Wildman–Crippen LogP) is 0.629. The Kier molecular flexibility index (Phi) is 6.65. The summed E-state index contributed by atoms with van der Waals surface area (Å²) in [5.41, 5.74) is 0. The topological polar surface area (TPSA) is 53.5 Å². The van der Waals surface area contributed by atoms with E-state index in [4.69, 9.17) is 0 Å². The highest BCUT2D eigenvalue weighted by Crippen LogP contribution is 1.99. The van der Waals surface area contributed by atoms with Crippen molar-refractivity contribution in [3.63, 3.8) is 0 Å². The molecule has 0 saturated carbocycles. The molecule has 4 heteroatoms. The molecule has 0 aliphatic rings. The van der Waals surface area contributed by atoms with Crippen molar-refractivity contribution >= 4 is 6.08 Å². The lowest BCUT2D eigenvalue weighted by Crippen LogP contribution is -2.27. The van der Waals surface area contributed by atoms with Crippen LogP contribution in [-0.4, -0.2) is 26.2 Å². The molecule has 0 spiro atoms. The van der Waals surface area contributed by atoms with Crippen LogP contribution in [0.4, 0.5) is 0 Å². The van der Waals surface area contributed by atoms with Gasteiger partial charge in [0.25, 0.3) is 0 Å². The summed E-state index contributed by atoms with van der Waals surface area (Å²) < 4.78 is 0. The lowest BCUT2D eigenvalue weighted by molar-refractivity contribution is 0.503. The second kappa shape index (κ2) is 7.37. The maximum absolute atomic E-state index is 9.77. The van der Waals surface area contributed by atoms with Gasteiger partial charge >= 0.3 is 0 Å². The van der Waals surface area contributed by atoms with Crippen molar-refractivity contribution in [2.24, 2.45) is 10.9 Å². The van der Waals surface area contributed by atoms with Crippen molar-refractivity contribution in [1.29, 1.82) is 0 Å². The molecule has 0 aromatic rings. The molecule has 74 valence electrons. The average Bonchev–Trinajstić information content (AvgIpc) is 2.14. The molecule has 4 nitrogen and oxygen atoms in total. The minimum Gasteiger partial charge on any atom is -0.375 e. The summed E-state index contributed by atoms with van der Waals surface area (Å²) in [6.07, 6.45) is 2.41.